The summed E-state index contributed by atoms with van der Waals surface area (Å²) in [6, 6.07) is 19.9. The van der Waals surface area contributed by atoms with Gasteiger partial charge in [-0.2, -0.15) is 0 Å². The molecule has 8 nitrogen and oxygen atoms in total. The van der Waals surface area contributed by atoms with E-state index in [1.807, 2.05) is 42.5 Å². The van der Waals surface area contributed by atoms with Crippen LogP contribution in [-0.4, -0.2) is 36.4 Å². The van der Waals surface area contributed by atoms with Crippen LogP contribution in [0.3, 0.4) is 0 Å². The predicted octanol–water partition coefficient (Wildman–Crippen LogP) is 2.63. The van der Waals surface area contributed by atoms with Crippen molar-refractivity contribution < 1.29 is 14.5 Å². The topological polar surface area (TPSA) is 113 Å². The van der Waals surface area contributed by atoms with Crippen LogP contribution in [0.2, 0.25) is 0 Å². The zero-order valence-corrected chi connectivity index (χ0v) is 16.3. The first-order chi connectivity index (χ1) is 14.5. The summed E-state index contributed by atoms with van der Waals surface area (Å²) in [5.74, 6) is -0.565. The number of nitro benzene ring substituents is 1. The molecular weight excluding hydrogens is 384 g/mol. The second kappa shape index (κ2) is 10.0. The molecular formula is C22H22N4O4. The lowest BCUT2D eigenvalue weighted by Crippen LogP contribution is -2.39. The predicted molar refractivity (Wildman–Crippen MR) is 115 cm³/mol. The molecule has 0 unspecified atom stereocenters. The molecule has 0 saturated heterocycles. The number of amides is 2. The highest BCUT2D eigenvalue weighted by Gasteiger charge is 2.12. The number of hydrogen-bond donors (Lipinski definition) is 3. The van der Waals surface area contributed by atoms with Gasteiger partial charge in [0.05, 0.1) is 17.9 Å². The molecule has 0 aliphatic heterocycles. The molecule has 3 rings (SSSR count). The Kier molecular flexibility index (Phi) is 6.94. The average Bonchev–Trinajstić information content (AvgIpc) is 2.76. The molecule has 0 atom stereocenters. The summed E-state index contributed by atoms with van der Waals surface area (Å²) in [6.07, 6.45) is 0.188. The summed E-state index contributed by atoms with van der Waals surface area (Å²) in [7, 11) is 0. The SMILES string of the molecule is O=C(CNC(=O)Cc1cccc2ccccc12)NCCNc1ccccc1[N+](=O)[O-]. The Morgan fingerprint density at radius 3 is 2.40 bits per heavy atom. The molecule has 3 aromatic rings. The number of anilines is 1. The van der Waals surface area contributed by atoms with E-state index in [1.165, 1.54) is 6.07 Å². The van der Waals surface area contributed by atoms with Crippen molar-refractivity contribution in [3.8, 4) is 0 Å². The minimum Gasteiger partial charge on any atom is -0.378 e. The van der Waals surface area contributed by atoms with Gasteiger partial charge < -0.3 is 16.0 Å². The first-order valence-corrected chi connectivity index (χ1v) is 9.52. The normalized spacial score (nSPS) is 10.4. The van der Waals surface area contributed by atoms with Crippen LogP contribution in [0.25, 0.3) is 10.8 Å². The minimum atomic E-state index is -0.466. The lowest BCUT2D eigenvalue weighted by Gasteiger charge is -2.10. The van der Waals surface area contributed by atoms with Gasteiger partial charge in [0.15, 0.2) is 0 Å². The molecule has 8 heteroatoms. The van der Waals surface area contributed by atoms with Crippen molar-refractivity contribution in [1.82, 2.24) is 10.6 Å². The number of carbonyl (C=O) groups excluding carboxylic acids is 2. The highest BCUT2D eigenvalue weighted by molar-refractivity contribution is 5.91. The molecule has 0 radical (unpaired) electrons. The second-order valence-corrected chi connectivity index (χ2v) is 6.64. The Balaban J connectivity index is 1.40. The molecule has 0 aliphatic carbocycles. The first-order valence-electron chi connectivity index (χ1n) is 9.52. The zero-order valence-electron chi connectivity index (χ0n) is 16.3. The number of para-hydroxylation sites is 2. The number of hydrogen-bond acceptors (Lipinski definition) is 5. The van der Waals surface area contributed by atoms with Gasteiger partial charge in [-0.3, -0.25) is 19.7 Å². The Labute approximate surface area is 173 Å². The van der Waals surface area contributed by atoms with E-state index in [9.17, 15) is 19.7 Å². The third-order valence-corrected chi connectivity index (χ3v) is 4.54. The van der Waals surface area contributed by atoms with Crippen LogP contribution < -0.4 is 16.0 Å². The molecule has 154 valence electrons. The number of nitro groups is 1. The second-order valence-electron chi connectivity index (χ2n) is 6.64. The number of benzene rings is 3. The van der Waals surface area contributed by atoms with Crippen LogP contribution in [0.4, 0.5) is 11.4 Å². The van der Waals surface area contributed by atoms with Gasteiger partial charge in [0.2, 0.25) is 11.8 Å². The quantitative estimate of drug-likeness (QED) is 0.287. The fourth-order valence-electron chi connectivity index (χ4n) is 3.10. The third kappa shape index (κ3) is 5.54. The van der Waals surface area contributed by atoms with Crippen molar-refractivity contribution in [3.63, 3.8) is 0 Å². The van der Waals surface area contributed by atoms with E-state index >= 15 is 0 Å². The van der Waals surface area contributed by atoms with Crippen molar-refractivity contribution in [2.75, 3.05) is 25.0 Å². The van der Waals surface area contributed by atoms with Gasteiger partial charge in [-0.15, -0.1) is 0 Å². The summed E-state index contributed by atoms with van der Waals surface area (Å²) in [5.41, 5.74) is 1.27. The largest absolute Gasteiger partial charge is 0.378 e. The molecule has 3 N–H and O–H groups in total. The molecule has 0 saturated carbocycles. The van der Waals surface area contributed by atoms with Crippen molar-refractivity contribution in [2.24, 2.45) is 0 Å². The van der Waals surface area contributed by atoms with Gasteiger partial charge in [0.1, 0.15) is 5.69 Å². The van der Waals surface area contributed by atoms with Gasteiger partial charge in [-0.05, 0) is 22.4 Å². The maximum absolute atomic E-state index is 12.2. The van der Waals surface area contributed by atoms with Gasteiger partial charge in [0, 0.05) is 19.2 Å². The molecule has 30 heavy (non-hydrogen) atoms. The molecule has 3 aromatic carbocycles. The molecule has 0 heterocycles. The maximum Gasteiger partial charge on any atom is 0.292 e. The van der Waals surface area contributed by atoms with Crippen LogP contribution in [0, 0.1) is 10.1 Å². The van der Waals surface area contributed by atoms with Crippen LogP contribution in [0.1, 0.15) is 5.56 Å². The Bertz CT molecular complexity index is 1060. The van der Waals surface area contributed by atoms with E-state index in [-0.39, 0.29) is 37.0 Å². The summed E-state index contributed by atoms with van der Waals surface area (Å²) in [5, 5.41) is 21.2. The van der Waals surface area contributed by atoms with Gasteiger partial charge >= 0.3 is 0 Å². The monoisotopic (exact) mass is 406 g/mol. The van der Waals surface area contributed by atoms with Gasteiger partial charge in [-0.1, -0.05) is 54.6 Å². The fourth-order valence-corrected chi connectivity index (χ4v) is 3.10. The molecule has 0 bridgehead atoms. The van der Waals surface area contributed by atoms with E-state index in [1.54, 1.807) is 18.2 Å². The molecule has 0 aromatic heterocycles. The van der Waals surface area contributed by atoms with Crippen molar-refractivity contribution in [3.05, 3.63) is 82.4 Å². The first kappa shape index (κ1) is 20.8. The van der Waals surface area contributed by atoms with Crippen LogP contribution >= 0.6 is 0 Å². The van der Waals surface area contributed by atoms with Crippen LogP contribution in [0.5, 0.6) is 0 Å². The van der Waals surface area contributed by atoms with Crippen molar-refractivity contribution >= 4 is 34.0 Å². The number of nitrogens with zero attached hydrogens (tertiary/aromatic N) is 1. The molecule has 0 aliphatic rings. The van der Waals surface area contributed by atoms with Crippen LogP contribution in [0.15, 0.2) is 66.7 Å². The number of carbonyl (C=O) groups is 2. The highest BCUT2D eigenvalue weighted by atomic mass is 16.6. The Hall–Kier alpha value is -3.94. The molecule has 0 spiro atoms. The van der Waals surface area contributed by atoms with Gasteiger partial charge in [-0.25, -0.2) is 0 Å². The maximum atomic E-state index is 12.2. The van der Waals surface area contributed by atoms with Crippen LogP contribution in [-0.2, 0) is 16.0 Å². The Morgan fingerprint density at radius 2 is 1.57 bits per heavy atom. The van der Waals surface area contributed by atoms with E-state index in [4.69, 9.17) is 0 Å². The van der Waals surface area contributed by atoms with Crippen molar-refractivity contribution in [1.29, 1.82) is 0 Å². The number of fused-ring (bicyclic) bond motifs is 1. The van der Waals surface area contributed by atoms with E-state index in [0.717, 1.165) is 16.3 Å². The summed E-state index contributed by atoms with van der Waals surface area (Å²) < 4.78 is 0. The van der Waals surface area contributed by atoms with Crippen molar-refractivity contribution in [2.45, 2.75) is 6.42 Å². The number of rotatable bonds is 9. The molecule has 2 amide bonds. The highest BCUT2D eigenvalue weighted by Crippen LogP contribution is 2.22. The standard InChI is InChI=1S/C22H22N4O4/c27-21(14-17-8-5-7-16-6-1-2-9-18(16)17)25-15-22(28)24-13-12-23-19-10-3-4-11-20(19)26(29)30/h1-11,23H,12-15H2,(H,24,28)(H,25,27). The molecule has 0 fully saturated rings. The lowest BCUT2D eigenvalue weighted by molar-refractivity contribution is -0.384. The zero-order chi connectivity index (χ0) is 21.3. The Morgan fingerprint density at radius 1 is 0.833 bits per heavy atom. The number of nitrogens with one attached hydrogen (secondary N) is 3. The summed E-state index contributed by atoms with van der Waals surface area (Å²) >= 11 is 0. The summed E-state index contributed by atoms with van der Waals surface area (Å²) in [4.78, 5) is 34.7. The van der Waals surface area contributed by atoms with Gasteiger partial charge in [0.25, 0.3) is 5.69 Å². The minimum absolute atomic E-state index is 0.0236. The third-order valence-electron chi connectivity index (χ3n) is 4.54. The van der Waals surface area contributed by atoms with E-state index in [2.05, 4.69) is 16.0 Å². The van der Waals surface area contributed by atoms with E-state index < -0.39 is 4.92 Å². The average molecular weight is 406 g/mol. The lowest BCUT2D eigenvalue weighted by atomic mass is 10.0. The fraction of sp³-hybridized carbons (Fsp3) is 0.182. The summed E-state index contributed by atoms with van der Waals surface area (Å²) in [6.45, 7) is 0.458. The smallest absolute Gasteiger partial charge is 0.292 e. The van der Waals surface area contributed by atoms with E-state index in [0.29, 0.717) is 12.2 Å².